The first-order chi connectivity index (χ1) is 21.3. The lowest BCUT2D eigenvalue weighted by molar-refractivity contribution is -0.275. The highest BCUT2D eigenvalue weighted by molar-refractivity contribution is 5.99. The summed E-state index contributed by atoms with van der Waals surface area (Å²) in [7, 11) is 1.26. The first kappa shape index (κ1) is 35.4. The average molecular weight is 660 g/mol. The first-order valence-electron chi connectivity index (χ1n) is 13.1. The van der Waals surface area contributed by atoms with E-state index in [1.165, 1.54) is 33.2 Å². The Morgan fingerprint density at radius 1 is 0.804 bits per heavy atom. The molecule has 248 valence electrons. The summed E-state index contributed by atoms with van der Waals surface area (Å²) in [4.78, 5) is 41.6. The SMILES string of the molecule is COc1ccnc(C(=O)N[C@@H](C)C(=O)N[C@@H](C)C(O)(c2ccc(OC(F)(F)F)cc2)c2ccc(OC(F)(F)F)cc2)c1OC(C)=O. The van der Waals surface area contributed by atoms with E-state index in [1.54, 1.807) is 0 Å². The van der Waals surface area contributed by atoms with Crippen molar-refractivity contribution in [3.05, 3.63) is 77.6 Å². The number of hydrogen-bond acceptors (Lipinski definition) is 9. The molecule has 0 fully saturated rings. The maximum atomic E-state index is 13.2. The number of carbonyl (C=O) groups is 3. The predicted octanol–water partition coefficient (Wildman–Crippen LogP) is 4.37. The van der Waals surface area contributed by atoms with Crippen LogP contribution in [0.15, 0.2) is 60.8 Å². The van der Waals surface area contributed by atoms with Crippen LogP contribution < -0.4 is 29.6 Å². The van der Waals surface area contributed by atoms with E-state index >= 15 is 0 Å². The van der Waals surface area contributed by atoms with Gasteiger partial charge in [-0.2, -0.15) is 0 Å². The van der Waals surface area contributed by atoms with Crippen LogP contribution in [0.2, 0.25) is 0 Å². The molecule has 0 radical (unpaired) electrons. The highest BCUT2D eigenvalue weighted by atomic mass is 19.4. The Morgan fingerprint density at radius 3 is 1.70 bits per heavy atom. The minimum absolute atomic E-state index is 0.00412. The van der Waals surface area contributed by atoms with Crippen molar-refractivity contribution in [2.24, 2.45) is 0 Å². The van der Waals surface area contributed by atoms with Gasteiger partial charge in [0.15, 0.2) is 11.4 Å². The third-order valence-electron chi connectivity index (χ3n) is 6.33. The third kappa shape index (κ3) is 8.99. The van der Waals surface area contributed by atoms with Gasteiger partial charge in [0.2, 0.25) is 11.7 Å². The van der Waals surface area contributed by atoms with Crippen molar-refractivity contribution < 1.29 is 64.8 Å². The van der Waals surface area contributed by atoms with Crippen LogP contribution in [0.25, 0.3) is 0 Å². The standard InChI is InChI=1S/C29H27F6N3O8/c1-15(37-26(41)23-24(44-17(3)39)22(43-4)13-14-36-23)25(40)38-16(2)27(42,18-5-9-20(10-6-18)45-28(30,31)32)19-7-11-21(12-8-19)46-29(33,34)35/h5-16,42H,1-4H3,(H,37,41)(H,38,40)/t15-,16-/m0/s1. The number of methoxy groups -OCH3 is 1. The molecule has 0 aliphatic rings. The van der Waals surface area contributed by atoms with Gasteiger partial charge in [-0.3, -0.25) is 14.4 Å². The number of esters is 1. The summed E-state index contributed by atoms with van der Waals surface area (Å²) in [6.45, 7) is 3.67. The summed E-state index contributed by atoms with van der Waals surface area (Å²) < 4.78 is 94.0. The molecular weight excluding hydrogens is 632 g/mol. The average Bonchev–Trinajstić information content (AvgIpc) is 2.95. The number of nitrogens with zero attached hydrogens (tertiary/aromatic N) is 1. The summed E-state index contributed by atoms with van der Waals surface area (Å²) in [5.74, 6) is -4.15. The zero-order valence-corrected chi connectivity index (χ0v) is 24.4. The van der Waals surface area contributed by atoms with Crippen LogP contribution >= 0.6 is 0 Å². The molecule has 2 atom stereocenters. The van der Waals surface area contributed by atoms with Crippen LogP contribution in [0.1, 0.15) is 42.4 Å². The number of carbonyl (C=O) groups excluding carboxylic acids is 3. The molecule has 1 heterocycles. The smallest absolute Gasteiger partial charge is 0.493 e. The molecule has 2 amide bonds. The van der Waals surface area contributed by atoms with Gasteiger partial charge in [0, 0.05) is 19.2 Å². The van der Waals surface area contributed by atoms with Crippen molar-refractivity contribution in [2.45, 2.75) is 51.2 Å². The maximum absolute atomic E-state index is 13.2. The topological polar surface area (TPSA) is 145 Å². The minimum atomic E-state index is -5.01. The van der Waals surface area contributed by atoms with Gasteiger partial charge in [-0.15, -0.1) is 26.3 Å². The Balaban J connectivity index is 1.90. The Morgan fingerprint density at radius 2 is 1.28 bits per heavy atom. The van der Waals surface area contributed by atoms with E-state index in [9.17, 15) is 45.8 Å². The van der Waals surface area contributed by atoms with Gasteiger partial charge < -0.3 is 34.7 Å². The number of alkyl halides is 6. The fourth-order valence-electron chi connectivity index (χ4n) is 4.26. The molecule has 0 bridgehead atoms. The van der Waals surface area contributed by atoms with Crippen molar-refractivity contribution in [1.82, 2.24) is 15.6 Å². The lowest BCUT2D eigenvalue weighted by Gasteiger charge is -2.36. The van der Waals surface area contributed by atoms with Gasteiger partial charge in [0.1, 0.15) is 23.1 Å². The van der Waals surface area contributed by atoms with Crippen LogP contribution in [0.3, 0.4) is 0 Å². The number of pyridine rings is 1. The van der Waals surface area contributed by atoms with Crippen molar-refractivity contribution in [2.75, 3.05) is 7.11 Å². The largest absolute Gasteiger partial charge is 0.573 e. The Labute approximate surface area is 257 Å². The summed E-state index contributed by atoms with van der Waals surface area (Å²) in [5, 5.41) is 16.8. The maximum Gasteiger partial charge on any atom is 0.573 e. The zero-order chi connectivity index (χ0) is 34.4. The number of nitrogens with one attached hydrogen (secondary N) is 2. The predicted molar refractivity (Wildman–Crippen MR) is 146 cm³/mol. The fourth-order valence-corrected chi connectivity index (χ4v) is 4.26. The zero-order valence-electron chi connectivity index (χ0n) is 24.4. The highest BCUT2D eigenvalue weighted by Gasteiger charge is 2.40. The molecule has 17 heteroatoms. The molecular formula is C29H27F6N3O8. The van der Waals surface area contributed by atoms with Crippen LogP contribution in [0.5, 0.6) is 23.0 Å². The van der Waals surface area contributed by atoms with Gasteiger partial charge in [-0.25, -0.2) is 4.98 Å². The Kier molecular flexibility index (Phi) is 10.7. The van der Waals surface area contributed by atoms with Crippen LogP contribution in [-0.2, 0) is 15.2 Å². The lowest BCUT2D eigenvalue weighted by Crippen LogP contribution is -2.54. The van der Waals surface area contributed by atoms with E-state index in [0.717, 1.165) is 55.5 Å². The molecule has 0 spiro atoms. The van der Waals surface area contributed by atoms with E-state index < -0.39 is 59.7 Å². The van der Waals surface area contributed by atoms with E-state index in [-0.39, 0.29) is 28.3 Å². The molecule has 11 nitrogen and oxygen atoms in total. The molecule has 1 aromatic heterocycles. The normalized spacial score (nSPS) is 13.2. The number of rotatable bonds is 11. The molecule has 3 aromatic rings. The molecule has 0 aliphatic heterocycles. The van der Waals surface area contributed by atoms with E-state index in [2.05, 4.69) is 25.1 Å². The second kappa shape index (κ2) is 13.9. The number of ether oxygens (including phenoxy) is 4. The van der Waals surface area contributed by atoms with Gasteiger partial charge in [0.05, 0.1) is 13.2 Å². The van der Waals surface area contributed by atoms with Gasteiger partial charge in [-0.1, -0.05) is 24.3 Å². The number of amides is 2. The summed E-state index contributed by atoms with van der Waals surface area (Å²) in [6.07, 6.45) is -8.82. The van der Waals surface area contributed by atoms with Gasteiger partial charge in [0.25, 0.3) is 5.91 Å². The van der Waals surface area contributed by atoms with Crippen molar-refractivity contribution in [3.8, 4) is 23.0 Å². The first-order valence-corrected chi connectivity index (χ1v) is 13.1. The Bertz CT molecular complexity index is 1490. The second-order valence-corrected chi connectivity index (χ2v) is 9.62. The number of hydrogen-bond donors (Lipinski definition) is 3. The van der Waals surface area contributed by atoms with E-state index in [1.807, 2.05) is 0 Å². The molecule has 0 saturated carbocycles. The summed E-state index contributed by atoms with van der Waals surface area (Å²) >= 11 is 0. The molecule has 0 saturated heterocycles. The van der Waals surface area contributed by atoms with Crippen LogP contribution in [0.4, 0.5) is 26.3 Å². The number of aliphatic hydroxyl groups is 1. The van der Waals surface area contributed by atoms with Crippen LogP contribution in [-0.4, -0.2) is 59.8 Å². The Hall–Kier alpha value is -5.06. The van der Waals surface area contributed by atoms with Crippen molar-refractivity contribution in [3.63, 3.8) is 0 Å². The minimum Gasteiger partial charge on any atom is -0.493 e. The number of halogens is 6. The molecule has 0 aliphatic carbocycles. The van der Waals surface area contributed by atoms with Crippen molar-refractivity contribution in [1.29, 1.82) is 0 Å². The molecule has 3 N–H and O–H groups in total. The monoisotopic (exact) mass is 659 g/mol. The van der Waals surface area contributed by atoms with E-state index in [0.29, 0.717) is 0 Å². The van der Waals surface area contributed by atoms with E-state index in [4.69, 9.17) is 9.47 Å². The lowest BCUT2D eigenvalue weighted by atomic mass is 9.80. The summed E-state index contributed by atoms with van der Waals surface area (Å²) in [6, 6.07) is 6.56. The summed E-state index contributed by atoms with van der Waals surface area (Å²) in [5.41, 5.74) is -2.81. The quantitative estimate of drug-likeness (QED) is 0.202. The third-order valence-corrected chi connectivity index (χ3v) is 6.33. The molecule has 0 unspecified atom stereocenters. The molecule has 3 rings (SSSR count). The van der Waals surface area contributed by atoms with Gasteiger partial charge >= 0.3 is 18.7 Å². The van der Waals surface area contributed by atoms with Gasteiger partial charge in [-0.05, 0) is 49.2 Å². The number of benzene rings is 2. The van der Waals surface area contributed by atoms with Crippen LogP contribution in [0, 0.1) is 0 Å². The van der Waals surface area contributed by atoms with Crippen molar-refractivity contribution >= 4 is 17.8 Å². The number of aromatic nitrogens is 1. The molecule has 46 heavy (non-hydrogen) atoms. The highest BCUT2D eigenvalue weighted by Crippen LogP contribution is 2.36. The fraction of sp³-hybridized carbons (Fsp3) is 0.310. The molecule has 2 aromatic carbocycles. The second-order valence-electron chi connectivity index (χ2n) is 9.62.